The molecule has 0 amide bonds. The van der Waals surface area contributed by atoms with Crippen molar-refractivity contribution in [3.05, 3.63) is 52.7 Å². The molecule has 0 aliphatic heterocycles. The van der Waals surface area contributed by atoms with Gasteiger partial charge in [-0.3, -0.25) is 0 Å². The lowest BCUT2D eigenvalue weighted by molar-refractivity contribution is 0.282. The molecule has 0 radical (unpaired) electrons. The minimum absolute atomic E-state index is 0.0471. The minimum atomic E-state index is 0.0471. The summed E-state index contributed by atoms with van der Waals surface area (Å²) in [5.41, 5.74) is 3.90. The number of hydrogen-bond acceptors (Lipinski definition) is 4. The first-order valence-electron chi connectivity index (χ1n) is 6.60. The van der Waals surface area contributed by atoms with E-state index in [4.69, 9.17) is 5.11 Å². The summed E-state index contributed by atoms with van der Waals surface area (Å²) in [7, 11) is 0. The van der Waals surface area contributed by atoms with Crippen LogP contribution in [0.15, 0.2) is 40.3 Å². The predicted molar refractivity (Wildman–Crippen MR) is 77.5 cm³/mol. The molecular formula is C16H14N2OS. The molecule has 0 atom stereocenters. The van der Waals surface area contributed by atoms with E-state index in [-0.39, 0.29) is 6.61 Å². The summed E-state index contributed by atoms with van der Waals surface area (Å²) in [6, 6.07) is 11.9. The number of aliphatic hydroxyl groups excluding tert-OH is 1. The average Bonchev–Trinajstić information content (AvgIpc) is 2.94. The second-order valence-electron chi connectivity index (χ2n) is 4.82. The summed E-state index contributed by atoms with van der Waals surface area (Å²) in [6.45, 7) is 0.0471. The lowest BCUT2D eigenvalue weighted by atomic mass is 10.2. The standard InChI is InChI=1S/C16H14N2OS/c17-9-13-8-12-2-1-3-15(12)18-16(13)20-14-6-4-11(10-19)5-7-14/h4-8,19H,1-3,10H2. The number of aromatic nitrogens is 1. The van der Waals surface area contributed by atoms with Gasteiger partial charge in [-0.25, -0.2) is 4.98 Å². The summed E-state index contributed by atoms with van der Waals surface area (Å²) in [6.07, 6.45) is 3.18. The number of nitriles is 1. The molecule has 0 unspecified atom stereocenters. The molecule has 2 aromatic rings. The van der Waals surface area contributed by atoms with Crippen LogP contribution in [0.3, 0.4) is 0 Å². The van der Waals surface area contributed by atoms with Crippen LogP contribution in [0.1, 0.15) is 28.8 Å². The summed E-state index contributed by atoms with van der Waals surface area (Å²) >= 11 is 1.51. The largest absolute Gasteiger partial charge is 0.392 e. The monoisotopic (exact) mass is 282 g/mol. The first-order chi connectivity index (χ1) is 9.80. The third kappa shape index (κ3) is 2.55. The normalized spacial score (nSPS) is 13.0. The van der Waals surface area contributed by atoms with Crippen LogP contribution in [-0.2, 0) is 19.4 Å². The van der Waals surface area contributed by atoms with E-state index in [1.807, 2.05) is 30.3 Å². The van der Waals surface area contributed by atoms with E-state index in [1.54, 1.807) is 0 Å². The van der Waals surface area contributed by atoms with Gasteiger partial charge in [-0.05, 0) is 48.6 Å². The Bertz CT molecular complexity index is 674. The quantitative estimate of drug-likeness (QED) is 0.940. The smallest absolute Gasteiger partial charge is 0.119 e. The van der Waals surface area contributed by atoms with Crippen LogP contribution in [0.25, 0.3) is 0 Å². The van der Waals surface area contributed by atoms with Gasteiger partial charge in [0.05, 0.1) is 12.2 Å². The van der Waals surface area contributed by atoms with E-state index in [9.17, 15) is 5.26 Å². The summed E-state index contributed by atoms with van der Waals surface area (Å²) in [5.74, 6) is 0. The molecular weight excluding hydrogens is 268 g/mol. The molecule has 0 saturated carbocycles. The molecule has 4 heteroatoms. The zero-order chi connectivity index (χ0) is 13.9. The first kappa shape index (κ1) is 13.2. The van der Waals surface area contributed by atoms with E-state index in [2.05, 4.69) is 11.1 Å². The van der Waals surface area contributed by atoms with Gasteiger partial charge in [0, 0.05) is 10.6 Å². The molecule has 1 aliphatic carbocycles. The Morgan fingerprint density at radius 2 is 2.05 bits per heavy atom. The summed E-state index contributed by atoms with van der Waals surface area (Å²) in [4.78, 5) is 5.68. The number of hydrogen-bond donors (Lipinski definition) is 1. The van der Waals surface area contributed by atoms with Gasteiger partial charge in [0.25, 0.3) is 0 Å². The van der Waals surface area contributed by atoms with Gasteiger partial charge in [0.2, 0.25) is 0 Å². The maximum atomic E-state index is 9.27. The maximum Gasteiger partial charge on any atom is 0.119 e. The highest BCUT2D eigenvalue weighted by Crippen LogP contribution is 2.32. The minimum Gasteiger partial charge on any atom is -0.392 e. The van der Waals surface area contributed by atoms with Crippen LogP contribution in [0.4, 0.5) is 0 Å². The van der Waals surface area contributed by atoms with Gasteiger partial charge >= 0.3 is 0 Å². The van der Waals surface area contributed by atoms with Gasteiger partial charge in [-0.15, -0.1) is 0 Å². The van der Waals surface area contributed by atoms with E-state index in [0.29, 0.717) is 5.56 Å². The third-order valence-corrected chi connectivity index (χ3v) is 4.47. The lowest BCUT2D eigenvalue weighted by Gasteiger charge is -2.07. The molecule has 1 N–H and O–H groups in total. The van der Waals surface area contributed by atoms with Crippen molar-refractivity contribution in [3.63, 3.8) is 0 Å². The zero-order valence-corrected chi connectivity index (χ0v) is 11.8. The number of rotatable bonds is 3. The number of benzene rings is 1. The second-order valence-corrected chi connectivity index (χ2v) is 5.88. The average molecular weight is 282 g/mol. The molecule has 100 valence electrons. The molecule has 1 aromatic carbocycles. The van der Waals surface area contributed by atoms with Crippen molar-refractivity contribution < 1.29 is 5.11 Å². The summed E-state index contributed by atoms with van der Waals surface area (Å²) < 4.78 is 0. The Kier molecular flexibility index (Phi) is 3.72. The van der Waals surface area contributed by atoms with E-state index in [0.717, 1.165) is 40.4 Å². The number of aliphatic hydroxyl groups is 1. The number of nitrogens with zero attached hydrogens (tertiary/aromatic N) is 2. The molecule has 0 spiro atoms. The molecule has 1 aliphatic rings. The maximum absolute atomic E-state index is 9.27. The van der Waals surface area contributed by atoms with Crippen LogP contribution in [0.2, 0.25) is 0 Å². The Balaban J connectivity index is 1.91. The third-order valence-electron chi connectivity index (χ3n) is 3.46. The van der Waals surface area contributed by atoms with Crippen LogP contribution in [0, 0.1) is 11.3 Å². The highest BCUT2D eigenvalue weighted by molar-refractivity contribution is 7.99. The van der Waals surface area contributed by atoms with Gasteiger partial charge in [0.15, 0.2) is 0 Å². The van der Waals surface area contributed by atoms with Crippen molar-refractivity contribution in [3.8, 4) is 6.07 Å². The zero-order valence-electron chi connectivity index (χ0n) is 11.0. The molecule has 20 heavy (non-hydrogen) atoms. The Morgan fingerprint density at radius 1 is 1.25 bits per heavy atom. The van der Waals surface area contributed by atoms with Crippen molar-refractivity contribution in [2.45, 2.75) is 35.8 Å². The van der Waals surface area contributed by atoms with Crippen LogP contribution in [0.5, 0.6) is 0 Å². The highest BCUT2D eigenvalue weighted by atomic mass is 32.2. The SMILES string of the molecule is N#Cc1cc2c(nc1Sc1ccc(CO)cc1)CCC2. The van der Waals surface area contributed by atoms with Crippen LogP contribution >= 0.6 is 11.8 Å². The second kappa shape index (κ2) is 5.66. The topological polar surface area (TPSA) is 56.9 Å². The van der Waals surface area contributed by atoms with Crippen molar-refractivity contribution in [2.75, 3.05) is 0 Å². The highest BCUT2D eigenvalue weighted by Gasteiger charge is 2.17. The van der Waals surface area contributed by atoms with Gasteiger partial charge in [-0.2, -0.15) is 5.26 Å². The van der Waals surface area contributed by atoms with E-state index >= 15 is 0 Å². The molecule has 0 fully saturated rings. The Hall–Kier alpha value is -1.83. The fraction of sp³-hybridized carbons (Fsp3) is 0.250. The fourth-order valence-electron chi connectivity index (χ4n) is 2.39. The molecule has 1 aromatic heterocycles. The number of fused-ring (bicyclic) bond motifs is 1. The Morgan fingerprint density at radius 3 is 2.75 bits per heavy atom. The van der Waals surface area contributed by atoms with Crippen LogP contribution in [-0.4, -0.2) is 10.1 Å². The van der Waals surface area contributed by atoms with Crippen molar-refractivity contribution in [1.29, 1.82) is 5.26 Å². The molecule has 0 saturated heterocycles. The van der Waals surface area contributed by atoms with Gasteiger partial charge in [-0.1, -0.05) is 23.9 Å². The first-order valence-corrected chi connectivity index (χ1v) is 7.42. The van der Waals surface area contributed by atoms with Crippen molar-refractivity contribution in [1.82, 2.24) is 4.98 Å². The lowest BCUT2D eigenvalue weighted by Crippen LogP contribution is -1.94. The molecule has 0 bridgehead atoms. The van der Waals surface area contributed by atoms with Crippen molar-refractivity contribution >= 4 is 11.8 Å². The van der Waals surface area contributed by atoms with Crippen LogP contribution < -0.4 is 0 Å². The fourth-order valence-corrected chi connectivity index (χ4v) is 3.25. The summed E-state index contributed by atoms with van der Waals surface area (Å²) in [5, 5.41) is 19.1. The molecule has 3 nitrogen and oxygen atoms in total. The number of aryl methyl sites for hydroxylation is 2. The molecule has 3 rings (SSSR count). The predicted octanol–water partition coefficient (Wildman–Crippen LogP) is 3.09. The molecule has 1 heterocycles. The number of pyridine rings is 1. The van der Waals surface area contributed by atoms with E-state index < -0.39 is 0 Å². The van der Waals surface area contributed by atoms with E-state index in [1.165, 1.54) is 17.3 Å². The van der Waals surface area contributed by atoms with Gasteiger partial charge < -0.3 is 5.11 Å². The Labute approximate surface area is 122 Å². The van der Waals surface area contributed by atoms with Gasteiger partial charge in [0.1, 0.15) is 11.1 Å². The van der Waals surface area contributed by atoms with Crippen molar-refractivity contribution in [2.24, 2.45) is 0 Å².